The number of carbonyl (C=O) groups excluding carboxylic acids is 1. The minimum Gasteiger partial charge on any atom is -0.300 e. The zero-order valence-corrected chi connectivity index (χ0v) is 5.48. The van der Waals surface area contributed by atoms with Gasteiger partial charge in [-0.3, -0.25) is 4.79 Å². The Labute approximate surface area is 50.1 Å². The van der Waals surface area contributed by atoms with Gasteiger partial charge in [0.1, 0.15) is 5.78 Å². The van der Waals surface area contributed by atoms with Crippen molar-refractivity contribution in [1.82, 2.24) is 0 Å². The Morgan fingerprint density at radius 2 is 2.12 bits per heavy atom. The van der Waals surface area contributed by atoms with Crippen molar-refractivity contribution < 1.29 is 4.79 Å². The molecule has 1 heteroatoms. The highest BCUT2D eigenvalue weighted by Gasteiger charge is 2.29. The minimum atomic E-state index is 0.378. The summed E-state index contributed by atoms with van der Waals surface area (Å²) in [6.07, 6.45) is 2.39. The molecule has 0 aromatic rings. The van der Waals surface area contributed by atoms with Crippen molar-refractivity contribution in [3.63, 3.8) is 0 Å². The van der Waals surface area contributed by atoms with E-state index in [9.17, 15) is 4.79 Å². The molecule has 46 valence electrons. The van der Waals surface area contributed by atoms with Crippen LogP contribution in [0.25, 0.3) is 0 Å². The molecule has 1 aliphatic rings. The molecule has 1 saturated carbocycles. The van der Waals surface area contributed by atoms with Gasteiger partial charge < -0.3 is 0 Å². The fourth-order valence-corrected chi connectivity index (χ4v) is 1.27. The Bertz CT molecular complexity index is 107. The molecule has 1 nitrogen and oxygen atoms in total. The van der Waals surface area contributed by atoms with Gasteiger partial charge in [-0.1, -0.05) is 6.92 Å². The molecule has 0 heterocycles. The van der Waals surface area contributed by atoms with Gasteiger partial charge in [0.05, 0.1) is 0 Å². The Balaban J connectivity index is 2.37. The van der Waals surface area contributed by atoms with E-state index in [1.54, 1.807) is 6.92 Å². The summed E-state index contributed by atoms with van der Waals surface area (Å²) in [5, 5.41) is 0. The predicted molar refractivity (Wildman–Crippen MR) is 32.6 cm³/mol. The third kappa shape index (κ3) is 0.770. The Hall–Kier alpha value is -0.330. The van der Waals surface area contributed by atoms with Crippen molar-refractivity contribution in [2.45, 2.75) is 26.7 Å². The molecule has 0 radical (unpaired) electrons. The van der Waals surface area contributed by atoms with Gasteiger partial charge in [0, 0.05) is 5.92 Å². The molecular weight excluding hydrogens is 100 g/mol. The second-order valence-electron chi connectivity index (χ2n) is 2.77. The van der Waals surface area contributed by atoms with E-state index in [-0.39, 0.29) is 0 Å². The highest BCUT2D eigenvalue weighted by atomic mass is 16.1. The van der Waals surface area contributed by atoms with E-state index >= 15 is 0 Å². The van der Waals surface area contributed by atoms with Crippen LogP contribution < -0.4 is 0 Å². The van der Waals surface area contributed by atoms with Crippen molar-refractivity contribution in [2.75, 3.05) is 0 Å². The lowest BCUT2D eigenvalue weighted by Gasteiger charge is -2.31. The van der Waals surface area contributed by atoms with Gasteiger partial charge in [0.15, 0.2) is 0 Å². The molecule has 2 atom stereocenters. The largest absolute Gasteiger partial charge is 0.300 e. The van der Waals surface area contributed by atoms with Crippen LogP contribution in [0.15, 0.2) is 0 Å². The smallest absolute Gasteiger partial charge is 0.133 e. The molecule has 1 aliphatic carbocycles. The predicted octanol–water partition coefficient (Wildman–Crippen LogP) is 1.62. The fraction of sp³-hybridized carbons (Fsp3) is 0.857. The van der Waals surface area contributed by atoms with E-state index < -0.39 is 0 Å². The van der Waals surface area contributed by atoms with Crippen LogP contribution in [-0.2, 0) is 4.79 Å². The van der Waals surface area contributed by atoms with Crippen LogP contribution in [0.2, 0.25) is 0 Å². The maximum absolute atomic E-state index is 10.6. The van der Waals surface area contributed by atoms with Crippen molar-refractivity contribution in [3.05, 3.63) is 0 Å². The molecule has 1 fully saturated rings. The van der Waals surface area contributed by atoms with E-state index in [1.165, 1.54) is 6.42 Å². The maximum atomic E-state index is 10.6. The number of Topliss-reactive ketones (excluding diaryl/α,β-unsaturated/α-hetero) is 1. The van der Waals surface area contributed by atoms with Gasteiger partial charge in [-0.25, -0.2) is 0 Å². The van der Waals surface area contributed by atoms with Crippen LogP contribution in [-0.4, -0.2) is 5.78 Å². The second-order valence-corrected chi connectivity index (χ2v) is 2.77. The van der Waals surface area contributed by atoms with Crippen LogP contribution in [0.3, 0.4) is 0 Å². The summed E-state index contributed by atoms with van der Waals surface area (Å²) in [7, 11) is 0. The number of ketones is 1. The first-order valence-electron chi connectivity index (χ1n) is 3.22. The van der Waals surface area contributed by atoms with Gasteiger partial charge in [-0.05, 0) is 25.7 Å². The van der Waals surface area contributed by atoms with E-state index in [2.05, 4.69) is 6.92 Å². The third-order valence-corrected chi connectivity index (χ3v) is 2.14. The molecule has 0 bridgehead atoms. The van der Waals surface area contributed by atoms with E-state index in [0.717, 1.165) is 6.42 Å². The molecule has 0 aromatic heterocycles. The van der Waals surface area contributed by atoms with Crippen molar-refractivity contribution >= 4 is 5.78 Å². The molecule has 2 unspecified atom stereocenters. The molecule has 0 N–H and O–H groups in total. The van der Waals surface area contributed by atoms with Crippen LogP contribution in [0.1, 0.15) is 26.7 Å². The Morgan fingerprint density at radius 1 is 1.50 bits per heavy atom. The molecule has 0 aromatic carbocycles. The average Bonchev–Trinajstić information content (AvgIpc) is 1.61. The summed E-state index contributed by atoms with van der Waals surface area (Å²) in [6.45, 7) is 3.84. The van der Waals surface area contributed by atoms with Crippen molar-refractivity contribution in [2.24, 2.45) is 11.8 Å². The molecule has 0 saturated heterocycles. The van der Waals surface area contributed by atoms with E-state index in [4.69, 9.17) is 0 Å². The van der Waals surface area contributed by atoms with E-state index in [1.807, 2.05) is 0 Å². The number of hydrogen-bond donors (Lipinski definition) is 0. The standard InChI is InChI=1S/C7H12O/c1-5-3-4-7(5)6(2)8/h5,7H,3-4H2,1-2H3. The second kappa shape index (κ2) is 1.88. The fourth-order valence-electron chi connectivity index (χ4n) is 1.27. The number of carbonyl (C=O) groups is 1. The zero-order chi connectivity index (χ0) is 6.15. The highest BCUT2D eigenvalue weighted by molar-refractivity contribution is 5.79. The lowest BCUT2D eigenvalue weighted by Crippen LogP contribution is -2.28. The normalized spacial score (nSPS) is 36.2. The summed E-state index contributed by atoms with van der Waals surface area (Å²) in [4.78, 5) is 10.6. The van der Waals surface area contributed by atoms with Gasteiger partial charge in [-0.2, -0.15) is 0 Å². The number of rotatable bonds is 1. The third-order valence-electron chi connectivity index (χ3n) is 2.14. The molecule has 1 rings (SSSR count). The first kappa shape index (κ1) is 5.80. The van der Waals surface area contributed by atoms with Crippen molar-refractivity contribution in [1.29, 1.82) is 0 Å². The Morgan fingerprint density at radius 3 is 2.12 bits per heavy atom. The number of hydrogen-bond acceptors (Lipinski definition) is 1. The molecule has 0 aliphatic heterocycles. The first-order valence-corrected chi connectivity index (χ1v) is 3.22. The lowest BCUT2D eigenvalue weighted by atomic mass is 9.73. The summed E-state index contributed by atoms with van der Waals surface area (Å²) in [5.41, 5.74) is 0. The van der Waals surface area contributed by atoms with Crippen LogP contribution in [0, 0.1) is 11.8 Å². The van der Waals surface area contributed by atoms with Crippen LogP contribution in [0.5, 0.6) is 0 Å². The summed E-state index contributed by atoms with van der Waals surface area (Å²) < 4.78 is 0. The monoisotopic (exact) mass is 112 g/mol. The minimum absolute atomic E-state index is 0.378. The van der Waals surface area contributed by atoms with Crippen LogP contribution >= 0.6 is 0 Å². The van der Waals surface area contributed by atoms with Gasteiger partial charge in [-0.15, -0.1) is 0 Å². The Kier molecular flexibility index (Phi) is 1.37. The highest BCUT2D eigenvalue weighted by Crippen LogP contribution is 2.33. The maximum Gasteiger partial charge on any atom is 0.133 e. The van der Waals surface area contributed by atoms with Gasteiger partial charge in [0.25, 0.3) is 0 Å². The summed E-state index contributed by atoms with van der Waals surface area (Å²) in [5.74, 6) is 1.46. The average molecular weight is 112 g/mol. The van der Waals surface area contributed by atoms with Crippen molar-refractivity contribution in [3.8, 4) is 0 Å². The van der Waals surface area contributed by atoms with Gasteiger partial charge in [0.2, 0.25) is 0 Å². The molecule has 0 spiro atoms. The summed E-state index contributed by atoms with van der Waals surface area (Å²) >= 11 is 0. The first-order chi connectivity index (χ1) is 3.72. The molecule has 8 heavy (non-hydrogen) atoms. The van der Waals surface area contributed by atoms with E-state index in [0.29, 0.717) is 17.6 Å². The van der Waals surface area contributed by atoms with Crippen LogP contribution in [0.4, 0.5) is 0 Å². The van der Waals surface area contributed by atoms with Gasteiger partial charge >= 0.3 is 0 Å². The topological polar surface area (TPSA) is 17.1 Å². The lowest BCUT2D eigenvalue weighted by molar-refractivity contribution is -0.125. The quantitative estimate of drug-likeness (QED) is 0.503. The zero-order valence-electron chi connectivity index (χ0n) is 5.48. The SMILES string of the molecule is CC(=O)C1CCC1C. The summed E-state index contributed by atoms with van der Waals surface area (Å²) in [6, 6.07) is 0. The molecule has 0 amide bonds. The molecular formula is C7H12O.